The number of carbonyl (C=O) groups is 1. The van der Waals surface area contributed by atoms with Gasteiger partial charge in [0, 0.05) is 11.6 Å². The number of nitrogens with zero attached hydrogens (tertiary/aromatic N) is 1. The molecule has 22 heavy (non-hydrogen) atoms. The molecular weight excluding hydrogens is 345 g/mol. The lowest BCUT2D eigenvalue weighted by Gasteiger charge is -2.20. The first-order chi connectivity index (χ1) is 10.1. The minimum atomic E-state index is -0.394. The van der Waals surface area contributed by atoms with E-state index in [-0.39, 0.29) is 12.4 Å². The van der Waals surface area contributed by atoms with Gasteiger partial charge in [0.25, 0.3) is 0 Å². The number of halogens is 3. The van der Waals surface area contributed by atoms with Crippen molar-refractivity contribution >= 4 is 29.2 Å². The standard InChI is InChI=1S/C16H23Cl2NO2.ClH/c1-3-8-19(9-4-2)10-5-11-21-16(20)14-7-6-13(17)12-15(14)18;/h6-7,12H,3-5,8-11H2,1-2H3;1H/p-1. The van der Waals surface area contributed by atoms with Crippen molar-refractivity contribution in [2.75, 3.05) is 26.2 Å². The number of benzene rings is 1. The van der Waals surface area contributed by atoms with Crippen LogP contribution in [0.3, 0.4) is 0 Å². The van der Waals surface area contributed by atoms with E-state index in [9.17, 15) is 4.79 Å². The molecule has 0 bridgehead atoms. The molecule has 0 spiro atoms. The van der Waals surface area contributed by atoms with Crippen LogP contribution >= 0.6 is 23.2 Å². The lowest BCUT2D eigenvalue weighted by atomic mass is 10.2. The Hall–Kier alpha value is -0.480. The van der Waals surface area contributed by atoms with Crippen LogP contribution in [-0.4, -0.2) is 37.1 Å². The van der Waals surface area contributed by atoms with Crippen LogP contribution in [0.5, 0.6) is 0 Å². The highest BCUT2D eigenvalue weighted by Gasteiger charge is 2.12. The first-order valence-corrected chi connectivity index (χ1v) is 8.18. The van der Waals surface area contributed by atoms with Crippen molar-refractivity contribution in [3.05, 3.63) is 33.8 Å². The SMILES string of the molecule is CCCN(CCC)CCCOC(=O)c1ccc(Cl)cc1Cl.[Cl-]. The number of hydrogen-bond acceptors (Lipinski definition) is 3. The Labute approximate surface area is 149 Å². The Balaban J connectivity index is 0.00000441. The molecule has 0 saturated heterocycles. The smallest absolute Gasteiger partial charge is 0.339 e. The number of rotatable bonds is 9. The predicted octanol–water partition coefficient (Wildman–Crippen LogP) is 1.67. The van der Waals surface area contributed by atoms with Crippen LogP contribution in [-0.2, 0) is 4.74 Å². The van der Waals surface area contributed by atoms with E-state index in [4.69, 9.17) is 27.9 Å². The molecule has 1 aromatic carbocycles. The van der Waals surface area contributed by atoms with Gasteiger partial charge in [-0.2, -0.15) is 0 Å². The van der Waals surface area contributed by atoms with Crippen LogP contribution in [0.25, 0.3) is 0 Å². The zero-order valence-corrected chi connectivity index (χ0v) is 15.3. The van der Waals surface area contributed by atoms with Gasteiger partial charge in [0.2, 0.25) is 0 Å². The molecule has 0 unspecified atom stereocenters. The molecule has 0 atom stereocenters. The first kappa shape index (κ1) is 21.5. The molecule has 0 aliphatic heterocycles. The Kier molecular flexibility index (Phi) is 11.7. The van der Waals surface area contributed by atoms with Crippen molar-refractivity contribution in [1.29, 1.82) is 0 Å². The van der Waals surface area contributed by atoms with Crippen LogP contribution < -0.4 is 12.4 Å². The Morgan fingerprint density at radius 1 is 1.14 bits per heavy atom. The summed E-state index contributed by atoms with van der Waals surface area (Å²) in [7, 11) is 0. The van der Waals surface area contributed by atoms with E-state index in [1.807, 2.05) is 0 Å². The van der Waals surface area contributed by atoms with Crippen LogP contribution in [0.15, 0.2) is 18.2 Å². The van der Waals surface area contributed by atoms with E-state index in [1.165, 1.54) is 0 Å². The van der Waals surface area contributed by atoms with Gasteiger partial charge in [-0.1, -0.05) is 37.0 Å². The van der Waals surface area contributed by atoms with E-state index in [0.29, 0.717) is 22.2 Å². The van der Waals surface area contributed by atoms with Gasteiger partial charge >= 0.3 is 5.97 Å². The quantitative estimate of drug-likeness (QED) is 0.491. The summed E-state index contributed by atoms with van der Waals surface area (Å²) in [6, 6.07) is 4.77. The molecule has 0 aromatic heterocycles. The second-order valence-electron chi connectivity index (χ2n) is 4.96. The molecule has 0 heterocycles. The maximum atomic E-state index is 11.9. The van der Waals surface area contributed by atoms with Crippen molar-refractivity contribution in [1.82, 2.24) is 4.90 Å². The number of carbonyl (C=O) groups excluding carboxylic acids is 1. The van der Waals surface area contributed by atoms with Gasteiger partial charge in [0.1, 0.15) is 0 Å². The summed E-state index contributed by atoms with van der Waals surface area (Å²) in [5.74, 6) is -0.394. The lowest BCUT2D eigenvalue weighted by molar-refractivity contribution is -0.0000230. The molecule has 0 radical (unpaired) electrons. The zero-order chi connectivity index (χ0) is 15.7. The molecule has 1 rings (SSSR count). The van der Waals surface area contributed by atoms with Crippen molar-refractivity contribution < 1.29 is 21.9 Å². The highest BCUT2D eigenvalue weighted by molar-refractivity contribution is 6.36. The fourth-order valence-corrected chi connectivity index (χ4v) is 2.64. The van der Waals surface area contributed by atoms with Gasteiger partial charge in [-0.05, 0) is 50.6 Å². The van der Waals surface area contributed by atoms with Gasteiger partial charge in [-0.3, -0.25) is 0 Å². The largest absolute Gasteiger partial charge is 1.00 e. The molecule has 3 nitrogen and oxygen atoms in total. The number of ether oxygens (including phenoxy) is 1. The first-order valence-electron chi connectivity index (χ1n) is 7.43. The molecule has 0 amide bonds. The normalized spacial score (nSPS) is 10.4. The molecule has 0 aliphatic rings. The fraction of sp³-hybridized carbons (Fsp3) is 0.562. The van der Waals surface area contributed by atoms with Gasteiger partial charge in [-0.15, -0.1) is 0 Å². The van der Waals surface area contributed by atoms with Crippen molar-refractivity contribution in [3.63, 3.8) is 0 Å². The summed E-state index contributed by atoms with van der Waals surface area (Å²) in [4.78, 5) is 14.3. The van der Waals surface area contributed by atoms with Crippen molar-refractivity contribution in [3.8, 4) is 0 Å². The molecule has 0 N–H and O–H groups in total. The van der Waals surface area contributed by atoms with Crippen LogP contribution in [0, 0.1) is 0 Å². The van der Waals surface area contributed by atoms with Crippen molar-refractivity contribution in [2.24, 2.45) is 0 Å². The fourth-order valence-electron chi connectivity index (χ4n) is 2.15. The van der Waals surface area contributed by atoms with E-state index in [2.05, 4.69) is 18.7 Å². The second-order valence-corrected chi connectivity index (χ2v) is 5.80. The van der Waals surface area contributed by atoms with E-state index < -0.39 is 5.97 Å². The lowest BCUT2D eigenvalue weighted by Crippen LogP contribution is -3.00. The molecular formula is C16H23Cl3NO2-. The number of esters is 1. The van der Waals surface area contributed by atoms with E-state index in [0.717, 1.165) is 38.9 Å². The Morgan fingerprint density at radius 2 is 1.77 bits per heavy atom. The maximum Gasteiger partial charge on any atom is 0.339 e. The molecule has 0 aliphatic carbocycles. The molecule has 126 valence electrons. The highest BCUT2D eigenvalue weighted by Crippen LogP contribution is 2.21. The average molecular weight is 368 g/mol. The molecule has 1 aromatic rings. The topological polar surface area (TPSA) is 29.5 Å². The summed E-state index contributed by atoms with van der Waals surface area (Å²) in [6.07, 6.45) is 3.11. The zero-order valence-electron chi connectivity index (χ0n) is 13.1. The monoisotopic (exact) mass is 366 g/mol. The minimum Gasteiger partial charge on any atom is -1.00 e. The van der Waals surface area contributed by atoms with Gasteiger partial charge in [0.15, 0.2) is 0 Å². The molecule has 0 saturated carbocycles. The third-order valence-corrected chi connectivity index (χ3v) is 3.63. The highest BCUT2D eigenvalue weighted by atomic mass is 35.5. The summed E-state index contributed by atoms with van der Waals surface area (Å²) in [6.45, 7) is 7.87. The van der Waals surface area contributed by atoms with Crippen LogP contribution in [0.2, 0.25) is 10.0 Å². The maximum absolute atomic E-state index is 11.9. The Bertz CT molecular complexity index is 449. The van der Waals surface area contributed by atoms with Crippen molar-refractivity contribution in [2.45, 2.75) is 33.1 Å². The third kappa shape index (κ3) is 7.68. The third-order valence-electron chi connectivity index (χ3n) is 3.08. The molecule has 6 heteroatoms. The van der Waals surface area contributed by atoms with E-state index >= 15 is 0 Å². The minimum absolute atomic E-state index is 0. The second kappa shape index (κ2) is 12.0. The summed E-state index contributed by atoms with van der Waals surface area (Å²) >= 11 is 11.8. The Morgan fingerprint density at radius 3 is 2.32 bits per heavy atom. The predicted molar refractivity (Wildman–Crippen MR) is 88.4 cm³/mol. The summed E-state index contributed by atoms with van der Waals surface area (Å²) < 4.78 is 5.26. The van der Waals surface area contributed by atoms with Crippen LogP contribution in [0.1, 0.15) is 43.5 Å². The summed E-state index contributed by atoms with van der Waals surface area (Å²) in [5, 5.41) is 0.831. The summed E-state index contributed by atoms with van der Waals surface area (Å²) in [5.41, 5.74) is 0.361. The van der Waals surface area contributed by atoms with Gasteiger partial charge in [0.05, 0.1) is 17.2 Å². The van der Waals surface area contributed by atoms with Gasteiger partial charge in [-0.25, -0.2) is 4.79 Å². The van der Waals surface area contributed by atoms with E-state index in [1.54, 1.807) is 18.2 Å². The number of hydrogen-bond donors (Lipinski definition) is 0. The van der Waals surface area contributed by atoms with Crippen LogP contribution in [0.4, 0.5) is 0 Å². The average Bonchev–Trinajstić information content (AvgIpc) is 2.43. The molecule has 0 fully saturated rings. The van der Waals surface area contributed by atoms with Gasteiger partial charge < -0.3 is 22.0 Å².